The number of aliphatic hydroxyl groups is 1. The van der Waals surface area contributed by atoms with E-state index in [4.69, 9.17) is 4.74 Å². The summed E-state index contributed by atoms with van der Waals surface area (Å²) in [6.07, 6.45) is 1.88. The van der Waals surface area contributed by atoms with Crippen LogP contribution in [-0.4, -0.2) is 83.1 Å². The number of hydrogen-bond donors (Lipinski definition) is 3. The van der Waals surface area contributed by atoms with Gasteiger partial charge in [0.25, 0.3) is 0 Å². The predicted molar refractivity (Wildman–Crippen MR) is 146 cm³/mol. The third-order valence-corrected chi connectivity index (χ3v) is 8.80. The van der Waals surface area contributed by atoms with Crippen molar-refractivity contribution in [1.82, 2.24) is 10.2 Å². The number of aliphatic hydroxyl groups excluding tert-OH is 1. The number of unbranched alkanes of at least 4 members (excludes halogenated alkanes) is 1. The van der Waals surface area contributed by atoms with Crippen LogP contribution in [0.1, 0.15) is 46.5 Å². The lowest BCUT2D eigenvalue weighted by molar-refractivity contribution is -0.140. The number of rotatable bonds is 12. The highest BCUT2D eigenvalue weighted by molar-refractivity contribution is 9.09. The van der Waals surface area contributed by atoms with E-state index in [2.05, 4.69) is 45.3 Å². The number of benzene rings is 1. The summed E-state index contributed by atoms with van der Waals surface area (Å²) in [5.41, 5.74) is 0.641. The van der Waals surface area contributed by atoms with Gasteiger partial charge in [0.05, 0.1) is 17.9 Å². The van der Waals surface area contributed by atoms with Gasteiger partial charge in [-0.25, -0.2) is 0 Å². The minimum Gasteiger partial charge on any atom is -0.396 e. The van der Waals surface area contributed by atoms with Gasteiger partial charge in [-0.2, -0.15) is 0 Å². The van der Waals surface area contributed by atoms with Crippen molar-refractivity contribution in [3.05, 3.63) is 24.3 Å². The maximum absolute atomic E-state index is 13.9. The van der Waals surface area contributed by atoms with Crippen molar-refractivity contribution < 1.29 is 24.2 Å². The molecule has 0 saturated carbocycles. The molecule has 3 heterocycles. The Balaban J connectivity index is 1.62. The summed E-state index contributed by atoms with van der Waals surface area (Å²) in [5, 5.41) is 15.3. The Bertz CT molecular complexity index is 988. The Morgan fingerprint density at radius 2 is 1.86 bits per heavy atom. The van der Waals surface area contributed by atoms with E-state index >= 15 is 0 Å². The van der Waals surface area contributed by atoms with Gasteiger partial charge >= 0.3 is 0 Å². The molecule has 0 aromatic heterocycles. The van der Waals surface area contributed by atoms with Crippen molar-refractivity contribution in [3.8, 4) is 0 Å². The molecule has 9 nitrogen and oxygen atoms in total. The molecule has 3 fully saturated rings. The minimum absolute atomic E-state index is 0.0104. The summed E-state index contributed by atoms with van der Waals surface area (Å²) in [5.74, 6) is -2.08. The van der Waals surface area contributed by atoms with Crippen LogP contribution in [0, 0.1) is 11.8 Å². The average Bonchev–Trinajstić information content (AvgIpc) is 3.48. The maximum Gasteiger partial charge on any atom is 0.250 e. The highest BCUT2D eigenvalue weighted by atomic mass is 79.9. The molecule has 3 N–H and O–H groups in total. The molecule has 6 atom stereocenters. The lowest BCUT2D eigenvalue weighted by atomic mass is 9.70. The molecule has 3 amide bonds. The van der Waals surface area contributed by atoms with Crippen LogP contribution in [0.25, 0.3) is 0 Å². The van der Waals surface area contributed by atoms with Crippen molar-refractivity contribution in [2.45, 2.75) is 69.0 Å². The number of nitrogens with zero attached hydrogens (tertiary/aromatic N) is 2. The molecule has 2 bridgehead atoms. The quantitative estimate of drug-likeness (QED) is 0.259. The highest BCUT2D eigenvalue weighted by Crippen LogP contribution is 2.60. The average molecular weight is 580 g/mol. The van der Waals surface area contributed by atoms with Crippen molar-refractivity contribution >= 4 is 45.0 Å². The van der Waals surface area contributed by atoms with Crippen molar-refractivity contribution in [2.75, 3.05) is 43.0 Å². The molecule has 3 unspecified atom stereocenters. The molecule has 4 rings (SSSR count). The first-order chi connectivity index (χ1) is 17.8. The fourth-order valence-electron chi connectivity index (χ4n) is 6.29. The van der Waals surface area contributed by atoms with E-state index in [9.17, 15) is 19.5 Å². The summed E-state index contributed by atoms with van der Waals surface area (Å²) < 4.78 is 6.48. The number of likely N-dealkylation sites (tertiary alicyclic amines) is 1. The zero-order chi connectivity index (χ0) is 26.7. The van der Waals surface area contributed by atoms with Crippen LogP contribution < -0.4 is 15.5 Å². The number of fused-ring (bicyclic) bond motifs is 1. The van der Waals surface area contributed by atoms with Crippen LogP contribution in [0.5, 0.6) is 0 Å². The Kier molecular flexibility index (Phi) is 8.81. The molecule has 1 aromatic carbocycles. The normalized spacial score (nSPS) is 29.9. The Labute approximate surface area is 227 Å². The van der Waals surface area contributed by atoms with Crippen molar-refractivity contribution in [2.24, 2.45) is 11.8 Å². The van der Waals surface area contributed by atoms with E-state index in [1.165, 1.54) is 0 Å². The van der Waals surface area contributed by atoms with E-state index in [-0.39, 0.29) is 29.2 Å². The van der Waals surface area contributed by atoms with Gasteiger partial charge in [0, 0.05) is 49.0 Å². The van der Waals surface area contributed by atoms with Crippen LogP contribution in [0.2, 0.25) is 0 Å². The van der Waals surface area contributed by atoms with E-state index in [1.54, 1.807) is 4.90 Å². The van der Waals surface area contributed by atoms with Crippen LogP contribution >= 0.6 is 15.9 Å². The number of carbonyl (C=O) groups is 3. The lowest BCUT2D eigenvalue weighted by Crippen LogP contribution is -2.54. The second-order valence-corrected chi connectivity index (χ2v) is 11.3. The number of halogens is 1. The van der Waals surface area contributed by atoms with Crippen molar-refractivity contribution in [3.63, 3.8) is 0 Å². The third kappa shape index (κ3) is 5.00. The van der Waals surface area contributed by atoms with E-state index in [0.29, 0.717) is 38.0 Å². The molecule has 204 valence electrons. The summed E-state index contributed by atoms with van der Waals surface area (Å²) in [6.45, 7) is 8.80. The van der Waals surface area contributed by atoms with Crippen LogP contribution in [0.4, 0.5) is 11.4 Å². The first-order valence-corrected chi connectivity index (χ1v) is 14.4. The number of hydrogen-bond acceptors (Lipinski definition) is 6. The van der Waals surface area contributed by atoms with Crippen LogP contribution in [-0.2, 0) is 19.1 Å². The minimum atomic E-state index is -1.07. The van der Waals surface area contributed by atoms with Gasteiger partial charge in [-0.15, -0.1) is 0 Å². The summed E-state index contributed by atoms with van der Waals surface area (Å²) in [7, 11) is 0. The second kappa shape index (κ2) is 11.7. The molecule has 1 spiro atoms. The second-order valence-electron chi connectivity index (χ2n) is 10.1. The standard InChI is InChI=1S/C27H39BrN4O5/c1-4-13-29-24(34)20-21-26(36)32(14-7-8-15-33)23(27(21)16-19(28)22(20)37-27)25(35)30-17-9-11-18(12-10-17)31(5-2)6-3/h9-12,19-23,33H,4-8,13-16H2,1-3H3,(H,29,34)(H,30,35)/t19?,20-,21+,22-,23?,27?/m1/s1. The summed E-state index contributed by atoms with van der Waals surface area (Å²) >= 11 is 3.68. The SMILES string of the molecule is CCCNC(=O)[C@H]1[C@@H]2OC3(CC2Br)C(C(=O)Nc2ccc(N(CC)CC)cc2)N(CCCCO)C(=O)[C@H]13. The molecular weight excluding hydrogens is 540 g/mol. The molecule has 0 radical (unpaired) electrons. The first-order valence-electron chi connectivity index (χ1n) is 13.5. The largest absolute Gasteiger partial charge is 0.396 e. The summed E-state index contributed by atoms with van der Waals surface area (Å²) in [6, 6.07) is 6.83. The van der Waals surface area contributed by atoms with Gasteiger partial charge in [0.2, 0.25) is 17.7 Å². The fourth-order valence-corrected chi connectivity index (χ4v) is 7.23. The van der Waals surface area contributed by atoms with E-state index in [0.717, 1.165) is 25.2 Å². The first kappa shape index (κ1) is 27.9. The topological polar surface area (TPSA) is 111 Å². The third-order valence-electron chi connectivity index (χ3n) is 7.96. The van der Waals surface area contributed by atoms with Gasteiger partial charge in [0.15, 0.2) is 0 Å². The monoisotopic (exact) mass is 578 g/mol. The highest BCUT2D eigenvalue weighted by Gasteiger charge is 2.76. The zero-order valence-electron chi connectivity index (χ0n) is 21.9. The molecular formula is C27H39BrN4O5. The summed E-state index contributed by atoms with van der Waals surface area (Å²) in [4.78, 5) is 44.5. The number of alkyl halides is 1. The molecule has 3 aliphatic rings. The Hall–Kier alpha value is -2.17. The number of nitrogens with one attached hydrogen (secondary N) is 2. The van der Waals surface area contributed by atoms with Gasteiger partial charge in [-0.1, -0.05) is 22.9 Å². The number of anilines is 2. The predicted octanol–water partition coefficient (Wildman–Crippen LogP) is 2.52. The fraction of sp³-hybridized carbons (Fsp3) is 0.667. The van der Waals surface area contributed by atoms with Gasteiger partial charge in [0.1, 0.15) is 11.6 Å². The number of ether oxygens (including phenoxy) is 1. The molecule has 37 heavy (non-hydrogen) atoms. The zero-order valence-corrected chi connectivity index (χ0v) is 23.5. The molecule has 10 heteroatoms. The number of carbonyl (C=O) groups excluding carboxylic acids is 3. The molecule has 3 saturated heterocycles. The Morgan fingerprint density at radius 3 is 2.49 bits per heavy atom. The Morgan fingerprint density at radius 1 is 1.16 bits per heavy atom. The smallest absolute Gasteiger partial charge is 0.250 e. The van der Waals surface area contributed by atoms with Gasteiger partial charge in [-0.3, -0.25) is 14.4 Å². The molecule has 3 aliphatic heterocycles. The van der Waals surface area contributed by atoms with Crippen LogP contribution in [0.15, 0.2) is 24.3 Å². The van der Waals surface area contributed by atoms with Gasteiger partial charge < -0.3 is 30.3 Å². The van der Waals surface area contributed by atoms with E-state index < -0.39 is 29.6 Å². The molecule has 1 aromatic rings. The van der Waals surface area contributed by atoms with Crippen LogP contribution in [0.3, 0.4) is 0 Å². The van der Waals surface area contributed by atoms with Gasteiger partial charge in [-0.05, 0) is 63.8 Å². The van der Waals surface area contributed by atoms with E-state index in [1.807, 2.05) is 31.2 Å². The maximum atomic E-state index is 13.9. The van der Waals surface area contributed by atoms with Crippen molar-refractivity contribution in [1.29, 1.82) is 0 Å². The lowest BCUT2D eigenvalue weighted by Gasteiger charge is -2.34. The molecule has 0 aliphatic carbocycles. The number of amides is 3.